The highest BCUT2D eigenvalue weighted by Gasteiger charge is 2.60. The Balaban J connectivity index is 2.13. The Morgan fingerprint density at radius 3 is 2.39 bits per heavy atom. The highest BCUT2D eigenvalue weighted by atomic mass is 35.5. The van der Waals surface area contributed by atoms with Gasteiger partial charge in [-0.15, -0.1) is 0 Å². The number of carbonyl (C=O) groups is 1. The summed E-state index contributed by atoms with van der Waals surface area (Å²) in [6.07, 6.45) is 1.60. The van der Waals surface area contributed by atoms with Crippen molar-refractivity contribution in [2.24, 2.45) is 16.6 Å². The molecule has 1 aliphatic rings. The molecule has 1 aromatic heterocycles. The Hall–Kier alpha value is -1.00. The molecule has 1 aliphatic carbocycles. The second kappa shape index (κ2) is 4.00. The number of H-pyrrole nitrogens is 1. The first kappa shape index (κ1) is 13.4. The van der Waals surface area contributed by atoms with Crippen molar-refractivity contribution in [2.75, 3.05) is 0 Å². The van der Waals surface area contributed by atoms with Gasteiger partial charge in [0.2, 0.25) is 0 Å². The first-order chi connectivity index (χ1) is 8.17. The van der Waals surface area contributed by atoms with Crippen LogP contribution in [0.4, 0.5) is 0 Å². The molecule has 2 rings (SSSR count). The van der Waals surface area contributed by atoms with E-state index in [9.17, 15) is 4.79 Å². The summed E-state index contributed by atoms with van der Waals surface area (Å²) in [5, 5.41) is 3.58. The van der Waals surface area contributed by atoms with E-state index in [1.165, 1.54) is 0 Å². The molecule has 0 radical (unpaired) electrons. The molecule has 0 unspecified atom stereocenters. The largest absolute Gasteiger partial charge is 0.356 e. The lowest BCUT2D eigenvalue weighted by Crippen LogP contribution is -2.76. The first-order valence-corrected chi connectivity index (χ1v) is 6.45. The summed E-state index contributed by atoms with van der Waals surface area (Å²) in [7, 11) is 0. The highest BCUT2D eigenvalue weighted by molar-refractivity contribution is 6.30. The average molecular weight is 270 g/mol. The van der Waals surface area contributed by atoms with Gasteiger partial charge in [-0.25, -0.2) is 0 Å². The Morgan fingerprint density at radius 2 is 1.94 bits per heavy atom. The number of aromatic nitrogens is 1. The molecule has 4 N–H and O–H groups in total. The molecule has 0 aromatic carbocycles. The van der Waals surface area contributed by atoms with Gasteiger partial charge in [-0.05, 0) is 6.07 Å². The fourth-order valence-electron chi connectivity index (χ4n) is 3.26. The van der Waals surface area contributed by atoms with Crippen LogP contribution in [-0.4, -0.2) is 23.0 Å². The second-order valence-corrected chi connectivity index (χ2v) is 6.69. The summed E-state index contributed by atoms with van der Waals surface area (Å²) in [5.41, 5.74) is 6.44. The molecule has 100 valence electrons. The third kappa shape index (κ3) is 1.84. The molecule has 0 spiro atoms. The number of nitrogens with one attached hydrogen (secondary N) is 2. The number of aromatic amines is 1. The smallest absolute Gasteiger partial charge is 0.268 e. The van der Waals surface area contributed by atoms with Gasteiger partial charge in [0.05, 0.1) is 5.02 Å². The van der Waals surface area contributed by atoms with Crippen molar-refractivity contribution >= 4 is 17.5 Å². The number of hydrogen-bond donors (Lipinski definition) is 3. The minimum Gasteiger partial charge on any atom is -0.356 e. The van der Waals surface area contributed by atoms with Crippen molar-refractivity contribution < 1.29 is 4.79 Å². The van der Waals surface area contributed by atoms with Crippen molar-refractivity contribution in [3.05, 3.63) is 23.0 Å². The summed E-state index contributed by atoms with van der Waals surface area (Å²) in [5.74, 6) is -0.139. The SMILES string of the molecule is CC1(C)C(N)C(C)(C)C1NC(=O)c1cc(Cl)c[nH]1. The third-order valence-electron chi connectivity index (χ3n) is 4.26. The highest BCUT2D eigenvalue weighted by Crippen LogP contribution is 2.52. The lowest BCUT2D eigenvalue weighted by Gasteiger charge is -2.62. The topological polar surface area (TPSA) is 70.9 Å². The normalized spacial score (nSPS) is 28.6. The molecule has 1 heterocycles. The van der Waals surface area contributed by atoms with E-state index in [-0.39, 0.29) is 28.8 Å². The predicted molar refractivity (Wildman–Crippen MR) is 72.6 cm³/mol. The van der Waals surface area contributed by atoms with E-state index in [1.54, 1.807) is 12.3 Å². The van der Waals surface area contributed by atoms with Crippen molar-refractivity contribution in [2.45, 2.75) is 39.8 Å². The summed E-state index contributed by atoms with van der Waals surface area (Å²) in [4.78, 5) is 15.0. The zero-order chi connectivity index (χ0) is 13.7. The Kier molecular flexibility index (Phi) is 2.98. The number of halogens is 1. The van der Waals surface area contributed by atoms with Gasteiger partial charge in [0.1, 0.15) is 5.69 Å². The lowest BCUT2D eigenvalue weighted by atomic mass is 9.48. The second-order valence-electron chi connectivity index (χ2n) is 6.26. The van der Waals surface area contributed by atoms with Gasteiger partial charge in [-0.1, -0.05) is 39.3 Å². The van der Waals surface area contributed by atoms with E-state index in [2.05, 4.69) is 38.0 Å². The van der Waals surface area contributed by atoms with Crippen molar-refractivity contribution in [3.8, 4) is 0 Å². The van der Waals surface area contributed by atoms with Crippen LogP contribution in [0.3, 0.4) is 0 Å². The van der Waals surface area contributed by atoms with E-state index in [4.69, 9.17) is 17.3 Å². The van der Waals surface area contributed by atoms with Crippen LogP contribution in [0.2, 0.25) is 5.02 Å². The Bertz CT molecular complexity index is 462. The Labute approximate surface area is 112 Å². The maximum absolute atomic E-state index is 12.1. The standard InChI is InChI=1S/C13H20ClN3O/c1-12(2)10(15)13(3,4)11(12)17-9(18)8-5-7(14)6-16-8/h5-6,10-11,16H,15H2,1-4H3,(H,17,18). The van der Waals surface area contributed by atoms with E-state index in [1.807, 2.05) is 0 Å². The van der Waals surface area contributed by atoms with Crippen LogP contribution in [0, 0.1) is 10.8 Å². The molecular weight excluding hydrogens is 250 g/mol. The summed E-state index contributed by atoms with van der Waals surface area (Å²) >= 11 is 5.79. The molecule has 0 aliphatic heterocycles. The van der Waals surface area contributed by atoms with Crippen LogP contribution < -0.4 is 11.1 Å². The number of amides is 1. The molecule has 1 aromatic rings. The lowest BCUT2D eigenvalue weighted by molar-refractivity contribution is -0.0664. The molecule has 1 fully saturated rings. The van der Waals surface area contributed by atoms with Crippen LogP contribution in [0.5, 0.6) is 0 Å². The number of nitrogens with two attached hydrogens (primary N) is 1. The molecule has 0 saturated heterocycles. The zero-order valence-electron chi connectivity index (χ0n) is 11.2. The minimum atomic E-state index is -0.139. The van der Waals surface area contributed by atoms with Gasteiger partial charge in [-0.3, -0.25) is 4.79 Å². The van der Waals surface area contributed by atoms with Crippen LogP contribution in [0.15, 0.2) is 12.3 Å². The summed E-state index contributed by atoms with van der Waals surface area (Å²) < 4.78 is 0. The number of hydrogen-bond acceptors (Lipinski definition) is 2. The van der Waals surface area contributed by atoms with Crippen LogP contribution in [-0.2, 0) is 0 Å². The Morgan fingerprint density at radius 1 is 1.39 bits per heavy atom. The molecule has 0 atom stereocenters. The third-order valence-corrected chi connectivity index (χ3v) is 4.48. The summed E-state index contributed by atoms with van der Waals surface area (Å²) in [6, 6.07) is 1.74. The molecule has 0 bridgehead atoms. The monoisotopic (exact) mass is 269 g/mol. The van der Waals surface area contributed by atoms with Gasteiger partial charge in [0.15, 0.2) is 0 Å². The van der Waals surface area contributed by atoms with Gasteiger partial charge in [0.25, 0.3) is 5.91 Å². The van der Waals surface area contributed by atoms with Crippen molar-refractivity contribution in [1.82, 2.24) is 10.3 Å². The van der Waals surface area contributed by atoms with Gasteiger partial charge in [0, 0.05) is 29.1 Å². The van der Waals surface area contributed by atoms with E-state index < -0.39 is 0 Å². The quantitative estimate of drug-likeness (QED) is 0.770. The van der Waals surface area contributed by atoms with E-state index in [0.717, 1.165) is 0 Å². The van der Waals surface area contributed by atoms with Gasteiger partial charge in [-0.2, -0.15) is 0 Å². The van der Waals surface area contributed by atoms with Crippen LogP contribution in [0.1, 0.15) is 38.2 Å². The van der Waals surface area contributed by atoms with E-state index in [0.29, 0.717) is 10.7 Å². The van der Waals surface area contributed by atoms with Gasteiger partial charge < -0.3 is 16.0 Å². The molecule has 18 heavy (non-hydrogen) atoms. The fraction of sp³-hybridized carbons (Fsp3) is 0.615. The maximum atomic E-state index is 12.1. The molecular formula is C13H20ClN3O. The maximum Gasteiger partial charge on any atom is 0.268 e. The zero-order valence-corrected chi connectivity index (χ0v) is 11.9. The number of rotatable bonds is 2. The molecule has 1 amide bonds. The summed E-state index contributed by atoms with van der Waals surface area (Å²) in [6.45, 7) is 8.32. The van der Waals surface area contributed by atoms with Crippen molar-refractivity contribution in [3.63, 3.8) is 0 Å². The first-order valence-electron chi connectivity index (χ1n) is 6.07. The predicted octanol–water partition coefficient (Wildman–Crippen LogP) is 2.16. The van der Waals surface area contributed by atoms with Crippen LogP contribution in [0.25, 0.3) is 0 Å². The van der Waals surface area contributed by atoms with Crippen molar-refractivity contribution in [1.29, 1.82) is 0 Å². The van der Waals surface area contributed by atoms with E-state index >= 15 is 0 Å². The molecule has 5 heteroatoms. The average Bonchev–Trinajstić information content (AvgIpc) is 2.71. The molecule has 1 saturated carbocycles. The molecule has 4 nitrogen and oxygen atoms in total. The fourth-order valence-corrected chi connectivity index (χ4v) is 3.42. The van der Waals surface area contributed by atoms with Gasteiger partial charge >= 0.3 is 0 Å². The van der Waals surface area contributed by atoms with Crippen LogP contribution >= 0.6 is 11.6 Å². The minimum absolute atomic E-state index is 0.0505. The number of carbonyl (C=O) groups excluding carboxylic acids is 1.